The minimum atomic E-state index is 0.665. The van der Waals surface area contributed by atoms with Gasteiger partial charge in [-0.1, -0.05) is 13.8 Å². The summed E-state index contributed by atoms with van der Waals surface area (Å²) in [6.07, 6.45) is 5.06. The number of nitrogens with one attached hydrogen (secondary N) is 1. The van der Waals surface area contributed by atoms with Crippen LogP contribution in [-0.2, 0) is 17.9 Å². The van der Waals surface area contributed by atoms with Crippen LogP contribution in [-0.4, -0.2) is 17.6 Å². The van der Waals surface area contributed by atoms with Crippen molar-refractivity contribution in [3.63, 3.8) is 0 Å². The van der Waals surface area contributed by atoms with Gasteiger partial charge in [-0.25, -0.2) is 4.98 Å². The Kier molecular flexibility index (Phi) is 5.60. The lowest BCUT2D eigenvalue weighted by atomic mass is 10.1. The van der Waals surface area contributed by atoms with E-state index >= 15 is 0 Å². The standard InChI is InChI=1S/C14H24N2OS/c1-11(2)4-3-7-17-9-13-10-18-14(16-13)8-15-12-5-6-12/h10-12,15H,3-9H2,1-2H3. The monoisotopic (exact) mass is 268 g/mol. The van der Waals surface area contributed by atoms with Gasteiger partial charge in [-0.2, -0.15) is 0 Å². The molecule has 0 aromatic carbocycles. The van der Waals surface area contributed by atoms with Gasteiger partial charge in [-0.15, -0.1) is 11.3 Å². The molecule has 2 rings (SSSR count). The number of ether oxygens (including phenoxy) is 1. The van der Waals surface area contributed by atoms with Crippen molar-refractivity contribution in [2.24, 2.45) is 5.92 Å². The maximum absolute atomic E-state index is 5.65. The fraction of sp³-hybridized carbons (Fsp3) is 0.786. The van der Waals surface area contributed by atoms with Crippen LogP contribution in [0.2, 0.25) is 0 Å². The number of rotatable bonds is 9. The summed E-state index contributed by atoms with van der Waals surface area (Å²) < 4.78 is 5.65. The van der Waals surface area contributed by atoms with Gasteiger partial charge < -0.3 is 10.1 Å². The molecule has 0 aliphatic heterocycles. The Hall–Kier alpha value is -0.450. The van der Waals surface area contributed by atoms with Gasteiger partial charge in [0.15, 0.2) is 0 Å². The fourth-order valence-corrected chi connectivity index (χ4v) is 2.52. The molecular weight excluding hydrogens is 244 g/mol. The van der Waals surface area contributed by atoms with E-state index in [2.05, 4.69) is 29.5 Å². The van der Waals surface area contributed by atoms with Gasteiger partial charge in [0.1, 0.15) is 5.01 Å². The lowest BCUT2D eigenvalue weighted by Crippen LogP contribution is -2.15. The Bertz CT molecular complexity index is 347. The Labute approximate surface area is 114 Å². The molecule has 0 saturated heterocycles. The molecule has 1 aliphatic carbocycles. The second kappa shape index (κ2) is 7.22. The number of hydrogen-bond donors (Lipinski definition) is 1. The Morgan fingerprint density at radius 3 is 3.06 bits per heavy atom. The van der Waals surface area contributed by atoms with Gasteiger partial charge in [0.25, 0.3) is 0 Å². The molecule has 0 amide bonds. The number of nitrogens with zero attached hydrogens (tertiary/aromatic N) is 1. The first-order chi connectivity index (χ1) is 8.74. The van der Waals surface area contributed by atoms with Crippen molar-refractivity contribution in [3.05, 3.63) is 16.1 Å². The predicted molar refractivity (Wildman–Crippen MR) is 75.7 cm³/mol. The van der Waals surface area contributed by atoms with E-state index in [1.807, 2.05) is 0 Å². The highest BCUT2D eigenvalue weighted by molar-refractivity contribution is 7.09. The molecule has 18 heavy (non-hydrogen) atoms. The molecule has 0 spiro atoms. The molecule has 0 radical (unpaired) electrons. The average molecular weight is 268 g/mol. The van der Waals surface area contributed by atoms with E-state index in [1.165, 1.54) is 24.3 Å². The predicted octanol–water partition coefficient (Wildman–Crippen LogP) is 3.35. The van der Waals surface area contributed by atoms with E-state index in [-0.39, 0.29) is 0 Å². The van der Waals surface area contributed by atoms with Gasteiger partial charge >= 0.3 is 0 Å². The van der Waals surface area contributed by atoms with Crippen LogP contribution in [0.25, 0.3) is 0 Å². The van der Waals surface area contributed by atoms with Crippen molar-refractivity contribution in [2.45, 2.75) is 58.7 Å². The average Bonchev–Trinajstić information content (AvgIpc) is 3.06. The third-order valence-electron chi connectivity index (χ3n) is 3.04. The van der Waals surface area contributed by atoms with Crippen LogP contribution in [0.15, 0.2) is 5.38 Å². The minimum absolute atomic E-state index is 0.665. The first-order valence-corrected chi connectivity index (χ1v) is 7.86. The Morgan fingerprint density at radius 2 is 2.33 bits per heavy atom. The van der Waals surface area contributed by atoms with Crippen LogP contribution in [0.3, 0.4) is 0 Å². The fourth-order valence-electron chi connectivity index (χ4n) is 1.79. The largest absolute Gasteiger partial charge is 0.375 e. The SMILES string of the molecule is CC(C)CCCOCc1csc(CNC2CC2)n1. The van der Waals surface area contributed by atoms with Crippen LogP contribution in [0.5, 0.6) is 0 Å². The third kappa shape index (κ3) is 5.46. The highest BCUT2D eigenvalue weighted by atomic mass is 32.1. The van der Waals surface area contributed by atoms with Crippen LogP contribution in [0.1, 0.15) is 50.2 Å². The van der Waals surface area contributed by atoms with Crippen molar-refractivity contribution in [1.82, 2.24) is 10.3 Å². The third-order valence-corrected chi connectivity index (χ3v) is 3.94. The maximum Gasteiger partial charge on any atom is 0.107 e. The molecule has 3 nitrogen and oxygen atoms in total. The van der Waals surface area contributed by atoms with Gasteiger partial charge in [0.2, 0.25) is 0 Å². The quantitative estimate of drug-likeness (QED) is 0.697. The zero-order chi connectivity index (χ0) is 12.8. The smallest absolute Gasteiger partial charge is 0.107 e. The van der Waals surface area contributed by atoms with Crippen molar-refractivity contribution >= 4 is 11.3 Å². The van der Waals surface area contributed by atoms with E-state index in [4.69, 9.17) is 4.74 Å². The minimum Gasteiger partial charge on any atom is -0.375 e. The van der Waals surface area contributed by atoms with Crippen LogP contribution < -0.4 is 5.32 Å². The lowest BCUT2D eigenvalue weighted by Gasteiger charge is -2.04. The Morgan fingerprint density at radius 1 is 1.50 bits per heavy atom. The van der Waals surface area contributed by atoms with Crippen molar-refractivity contribution in [2.75, 3.05) is 6.61 Å². The first-order valence-electron chi connectivity index (χ1n) is 6.98. The van der Waals surface area contributed by atoms with E-state index in [9.17, 15) is 0 Å². The summed E-state index contributed by atoms with van der Waals surface area (Å²) in [6.45, 7) is 6.94. The van der Waals surface area contributed by atoms with Crippen molar-refractivity contribution in [1.29, 1.82) is 0 Å². The summed E-state index contributed by atoms with van der Waals surface area (Å²) in [7, 11) is 0. The molecule has 1 aliphatic rings. The summed E-state index contributed by atoms with van der Waals surface area (Å²) >= 11 is 1.73. The number of aromatic nitrogens is 1. The molecule has 4 heteroatoms. The van der Waals surface area contributed by atoms with Crippen molar-refractivity contribution < 1.29 is 4.74 Å². The lowest BCUT2D eigenvalue weighted by molar-refractivity contribution is 0.112. The molecular formula is C14H24N2OS. The summed E-state index contributed by atoms with van der Waals surface area (Å²) in [5, 5.41) is 6.78. The molecule has 0 unspecified atom stereocenters. The highest BCUT2D eigenvalue weighted by Gasteiger charge is 2.20. The van der Waals surface area contributed by atoms with E-state index in [1.54, 1.807) is 11.3 Å². The molecule has 1 fully saturated rings. The molecule has 0 atom stereocenters. The van der Waals surface area contributed by atoms with Gasteiger partial charge in [-0.3, -0.25) is 0 Å². The van der Waals surface area contributed by atoms with E-state index in [0.717, 1.165) is 37.2 Å². The van der Waals surface area contributed by atoms with Crippen LogP contribution in [0.4, 0.5) is 0 Å². The van der Waals surface area contributed by atoms with Crippen molar-refractivity contribution in [3.8, 4) is 0 Å². The highest BCUT2D eigenvalue weighted by Crippen LogP contribution is 2.20. The topological polar surface area (TPSA) is 34.1 Å². The Balaban J connectivity index is 1.57. The number of hydrogen-bond acceptors (Lipinski definition) is 4. The van der Waals surface area contributed by atoms with Crippen LogP contribution >= 0.6 is 11.3 Å². The summed E-state index contributed by atoms with van der Waals surface area (Å²) in [5.74, 6) is 0.771. The zero-order valence-corrected chi connectivity index (χ0v) is 12.3. The summed E-state index contributed by atoms with van der Waals surface area (Å²) in [6, 6.07) is 0.754. The molecule has 102 valence electrons. The normalized spacial score (nSPS) is 15.5. The summed E-state index contributed by atoms with van der Waals surface area (Å²) in [5.41, 5.74) is 1.08. The van der Waals surface area contributed by atoms with E-state index in [0.29, 0.717) is 6.61 Å². The second-order valence-electron chi connectivity index (χ2n) is 5.48. The van der Waals surface area contributed by atoms with E-state index < -0.39 is 0 Å². The maximum atomic E-state index is 5.65. The molecule has 1 heterocycles. The van der Waals surface area contributed by atoms with Gasteiger partial charge in [0, 0.05) is 24.6 Å². The molecule has 1 saturated carbocycles. The second-order valence-corrected chi connectivity index (χ2v) is 6.42. The van der Waals surface area contributed by atoms with Gasteiger partial charge in [0.05, 0.1) is 12.3 Å². The molecule has 1 aromatic rings. The summed E-state index contributed by atoms with van der Waals surface area (Å²) in [4.78, 5) is 4.57. The van der Waals surface area contributed by atoms with Gasteiger partial charge in [-0.05, 0) is 31.6 Å². The first kappa shape index (κ1) is 14.0. The molecule has 1 aromatic heterocycles. The molecule has 0 bridgehead atoms. The number of thiazole rings is 1. The zero-order valence-electron chi connectivity index (χ0n) is 11.4. The van der Waals surface area contributed by atoms with Crippen LogP contribution in [0, 0.1) is 5.92 Å². The molecule has 1 N–H and O–H groups in total.